The van der Waals surface area contributed by atoms with Crippen LogP contribution in [-0.2, 0) is 52.4 Å². The van der Waals surface area contributed by atoms with Crippen molar-refractivity contribution in [2.75, 3.05) is 0 Å². The molecule has 2 fully saturated rings. The Morgan fingerprint density at radius 3 is 1.90 bits per heavy atom. The van der Waals surface area contributed by atoms with Crippen molar-refractivity contribution in [2.24, 2.45) is 10.2 Å². The zero-order valence-corrected chi connectivity index (χ0v) is 23.7. The number of amides is 1. The van der Waals surface area contributed by atoms with Crippen molar-refractivity contribution in [3.8, 4) is 0 Å². The molecule has 0 aromatic heterocycles. The molecule has 11 atom stereocenters. The highest BCUT2D eigenvalue weighted by molar-refractivity contribution is 5.73. The van der Waals surface area contributed by atoms with E-state index in [4.69, 9.17) is 28.4 Å². The minimum absolute atomic E-state index is 0.168. The fourth-order valence-corrected chi connectivity index (χ4v) is 4.93. The van der Waals surface area contributed by atoms with Crippen molar-refractivity contribution < 1.29 is 57.5 Å². The highest BCUT2D eigenvalue weighted by Crippen LogP contribution is 2.36. The Balaban J connectivity index is 2.61. The number of azide groups is 2. The first-order valence-corrected chi connectivity index (χ1v) is 12.7. The van der Waals surface area contributed by atoms with Gasteiger partial charge in [0.15, 0.2) is 24.6 Å². The molecule has 0 spiro atoms. The molecule has 42 heavy (non-hydrogen) atoms. The highest BCUT2D eigenvalue weighted by Gasteiger charge is 2.55. The molecular weight excluding hydrogens is 566 g/mol. The van der Waals surface area contributed by atoms with E-state index in [9.17, 15) is 40.1 Å². The van der Waals surface area contributed by atoms with Gasteiger partial charge in [-0.2, -0.15) is 0 Å². The van der Waals surface area contributed by atoms with Crippen LogP contribution in [-0.4, -0.2) is 102 Å². The van der Waals surface area contributed by atoms with Crippen molar-refractivity contribution in [3.05, 3.63) is 20.9 Å². The second-order valence-corrected chi connectivity index (χ2v) is 9.61. The Hall–Kier alpha value is -4.15. The predicted molar refractivity (Wildman–Crippen MR) is 136 cm³/mol. The maximum absolute atomic E-state index is 12.1. The summed E-state index contributed by atoms with van der Waals surface area (Å²) in [6.07, 6.45) is -12.0. The summed E-state index contributed by atoms with van der Waals surface area (Å²) in [7, 11) is 0. The number of hydrogen-bond donors (Lipinski definition) is 2. The van der Waals surface area contributed by atoms with Crippen molar-refractivity contribution in [3.63, 3.8) is 0 Å². The topological polar surface area (TPSA) is 271 Å². The first kappa shape index (κ1) is 34.1. The molecule has 0 bridgehead atoms. The number of aliphatic hydroxyl groups excluding tert-OH is 1. The molecule has 19 nitrogen and oxygen atoms in total. The van der Waals surface area contributed by atoms with Gasteiger partial charge in [0.2, 0.25) is 5.91 Å². The SMILES string of the molecule is CC(=O)N[C@@H]1CC(N=[N+]=[N-])[C@@H](O[C@H]2OC([C@@H](C)OC(C)=O)[C@@H](OC(C)=O)C(OC(C)=O)C2N=[N+]=[N-])C(O)C1OC(C)=O. The average Bonchev–Trinajstić information content (AvgIpc) is 2.85. The number of nitrogens with one attached hydrogen (secondary N) is 1. The third-order valence-corrected chi connectivity index (χ3v) is 6.28. The maximum atomic E-state index is 12.1. The van der Waals surface area contributed by atoms with Crippen LogP contribution in [0, 0.1) is 0 Å². The molecule has 1 amide bonds. The lowest BCUT2D eigenvalue weighted by molar-refractivity contribution is -0.305. The fourth-order valence-electron chi connectivity index (χ4n) is 4.93. The van der Waals surface area contributed by atoms with Crippen LogP contribution in [0.5, 0.6) is 0 Å². The van der Waals surface area contributed by atoms with Gasteiger partial charge in [-0.15, -0.1) is 0 Å². The van der Waals surface area contributed by atoms with Gasteiger partial charge in [-0.25, -0.2) is 0 Å². The van der Waals surface area contributed by atoms with E-state index < -0.39 is 96.9 Å². The number of aliphatic hydroxyl groups is 1. The quantitative estimate of drug-likeness (QED) is 0.114. The Morgan fingerprint density at radius 2 is 1.40 bits per heavy atom. The summed E-state index contributed by atoms with van der Waals surface area (Å²) in [5.74, 6) is -3.76. The molecular formula is C23H33N7O12. The van der Waals surface area contributed by atoms with Crippen LogP contribution in [0.2, 0.25) is 0 Å². The number of nitrogens with zero attached hydrogens (tertiary/aromatic N) is 6. The molecule has 1 heterocycles. The lowest BCUT2D eigenvalue weighted by Crippen LogP contribution is -2.66. The summed E-state index contributed by atoms with van der Waals surface area (Å²) < 4.78 is 33.2. The minimum atomic E-state index is -1.74. The third kappa shape index (κ3) is 8.92. The number of esters is 4. The van der Waals surface area contributed by atoms with Gasteiger partial charge in [0.25, 0.3) is 0 Å². The average molecular weight is 600 g/mol. The molecule has 232 valence electrons. The van der Waals surface area contributed by atoms with Gasteiger partial charge in [0.1, 0.15) is 24.4 Å². The van der Waals surface area contributed by atoms with Crippen LogP contribution in [0.15, 0.2) is 10.2 Å². The zero-order chi connectivity index (χ0) is 31.7. The summed E-state index contributed by atoms with van der Waals surface area (Å²) >= 11 is 0. The fraction of sp³-hybridized carbons (Fsp3) is 0.783. The molecule has 0 radical (unpaired) electrons. The highest BCUT2D eigenvalue weighted by atomic mass is 16.7. The summed E-state index contributed by atoms with van der Waals surface area (Å²) in [6.45, 7) is 6.89. The molecule has 0 aromatic carbocycles. The van der Waals surface area contributed by atoms with E-state index in [1.807, 2.05) is 0 Å². The Morgan fingerprint density at radius 1 is 0.857 bits per heavy atom. The van der Waals surface area contributed by atoms with Gasteiger partial charge in [0, 0.05) is 44.4 Å². The van der Waals surface area contributed by atoms with Crippen molar-refractivity contribution in [1.29, 1.82) is 0 Å². The van der Waals surface area contributed by atoms with E-state index >= 15 is 0 Å². The number of rotatable bonds is 10. The molecule has 0 aromatic rings. The summed E-state index contributed by atoms with van der Waals surface area (Å²) in [5.41, 5.74) is 18.5. The minimum Gasteiger partial charge on any atom is -0.460 e. The van der Waals surface area contributed by atoms with Gasteiger partial charge in [-0.05, 0) is 24.4 Å². The smallest absolute Gasteiger partial charge is 0.303 e. The molecule has 1 saturated heterocycles. The third-order valence-electron chi connectivity index (χ3n) is 6.28. The standard InChI is InChI=1S/C23H33N7O12/c1-8(37-10(3)32)18-22(40-13(6)35)21(39-12(5)34)16(28-30-25)23(41-18)42-20-15(27-29-24)7-14(26-9(2)31)19(17(20)36)38-11(4)33/h8,14-23,36H,7H2,1-6H3,(H,26,31)/t8-,14-,15?,16?,17?,18?,19?,20-,21?,22-,23-/m1/s1. The molecule has 6 unspecified atom stereocenters. The Kier molecular flexibility index (Phi) is 12.3. The molecule has 2 aliphatic rings. The number of hydrogen-bond acceptors (Lipinski definition) is 14. The van der Waals surface area contributed by atoms with Crippen LogP contribution in [0.3, 0.4) is 0 Å². The van der Waals surface area contributed by atoms with Gasteiger partial charge in [0.05, 0.1) is 18.2 Å². The van der Waals surface area contributed by atoms with E-state index in [0.29, 0.717) is 0 Å². The van der Waals surface area contributed by atoms with Crippen LogP contribution in [0.1, 0.15) is 48.0 Å². The van der Waals surface area contributed by atoms with Crippen LogP contribution < -0.4 is 5.32 Å². The van der Waals surface area contributed by atoms with Gasteiger partial charge in [-0.1, -0.05) is 10.2 Å². The Labute approximate surface area is 239 Å². The summed E-state index contributed by atoms with van der Waals surface area (Å²) in [5, 5.41) is 21.1. The molecule has 2 rings (SSSR count). The number of carbonyl (C=O) groups excluding carboxylic acids is 5. The summed E-state index contributed by atoms with van der Waals surface area (Å²) in [6, 6.07) is -3.76. The predicted octanol–water partition coefficient (Wildman–Crippen LogP) is 0.470. The first-order valence-electron chi connectivity index (χ1n) is 12.7. The number of carbonyl (C=O) groups is 5. The lowest BCUT2D eigenvalue weighted by Gasteiger charge is -2.48. The van der Waals surface area contributed by atoms with E-state index in [0.717, 1.165) is 27.7 Å². The summed E-state index contributed by atoms with van der Waals surface area (Å²) in [4.78, 5) is 64.9. The molecule has 1 aliphatic heterocycles. The monoisotopic (exact) mass is 599 g/mol. The van der Waals surface area contributed by atoms with Gasteiger partial charge < -0.3 is 38.8 Å². The Bertz CT molecular complexity index is 1140. The molecule has 2 N–H and O–H groups in total. The molecule has 1 aliphatic carbocycles. The van der Waals surface area contributed by atoms with Crippen LogP contribution in [0.4, 0.5) is 0 Å². The van der Waals surface area contributed by atoms with E-state index in [1.165, 1.54) is 13.8 Å². The van der Waals surface area contributed by atoms with Crippen molar-refractivity contribution in [1.82, 2.24) is 5.32 Å². The van der Waals surface area contributed by atoms with Crippen LogP contribution >= 0.6 is 0 Å². The molecule has 1 saturated carbocycles. The van der Waals surface area contributed by atoms with Gasteiger partial charge >= 0.3 is 23.9 Å². The second-order valence-electron chi connectivity index (χ2n) is 9.61. The zero-order valence-electron chi connectivity index (χ0n) is 23.7. The van der Waals surface area contributed by atoms with Gasteiger partial charge in [-0.3, -0.25) is 24.0 Å². The molecule has 19 heteroatoms. The maximum Gasteiger partial charge on any atom is 0.303 e. The number of ether oxygens (including phenoxy) is 6. The van der Waals surface area contributed by atoms with E-state index in [2.05, 4.69) is 25.4 Å². The van der Waals surface area contributed by atoms with Crippen LogP contribution in [0.25, 0.3) is 20.9 Å². The van der Waals surface area contributed by atoms with Crippen molar-refractivity contribution in [2.45, 2.75) is 115 Å². The first-order chi connectivity index (χ1) is 19.7. The normalized spacial score (nSPS) is 32.9. The van der Waals surface area contributed by atoms with Crippen molar-refractivity contribution >= 4 is 29.8 Å². The van der Waals surface area contributed by atoms with E-state index in [-0.39, 0.29) is 6.42 Å². The van der Waals surface area contributed by atoms with E-state index in [1.54, 1.807) is 0 Å². The largest absolute Gasteiger partial charge is 0.460 e. The lowest BCUT2D eigenvalue weighted by atomic mass is 9.83. The second kappa shape index (κ2) is 15.2.